The Balaban J connectivity index is 1.95. The van der Waals surface area contributed by atoms with Crippen LogP contribution in [0.1, 0.15) is 33.1 Å². The van der Waals surface area contributed by atoms with Gasteiger partial charge < -0.3 is 10.1 Å². The molecule has 120 valence electrons. The molecule has 0 aromatic carbocycles. The lowest BCUT2D eigenvalue weighted by atomic mass is 10.0. The second-order valence-corrected chi connectivity index (χ2v) is 6.45. The zero-order chi connectivity index (χ0) is 15.1. The first-order valence-corrected chi connectivity index (χ1v) is 8.84. The lowest BCUT2D eigenvalue weighted by Crippen LogP contribution is -2.39. The van der Waals surface area contributed by atoms with Crippen molar-refractivity contribution in [2.24, 2.45) is 5.92 Å². The molecule has 0 radical (unpaired) electrons. The van der Waals surface area contributed by atoms with Gasteiger partial charge in [-0.3, -0.25) is 4.57 Å². The minimum absolute atomic E-state index is 0.110. The number of aromatic nitrogens is 3. The largest absolute Gasteiger partial charge is 0.381 e. The molecule has 2 atom stereocenters. The zero-order valence-corrected chi connectivity index (χ0v) is 13.7. The van der Waals surface area contributed by atoms with Gasteiger partial charge in [0.15, 0.2) is 5.16 Å². The van der Waals surface area contributed by atoms with Gasteiger partial charge in [0.25, 0.3) is 0 Å². The maximum Gasteiger partial charge on any atom is 0.343 e. The summed E-state index contributed by atoms with van der Waals surface area (Å²) in [6.45, 7) is 7.68. The molecule has 0 spiro atoms. The molecule has 2 rings (SSSR count). The number of hydrogen-bond donors (Lipinski definition) is 2. The standard InChI is InChI=1S/C14H26N4O2S/c1-3-6-15-12(11-5-8-20-9-11)10-21-14-17-16-13(19)18(14)7-4-2/h11-12,15H,3-10H2,1-2H3,(H,16,19). The molecular formula is C14H26N4O2S. The summed E-state index contributed by atoms with van der Waals surface area (Å²) < 4.78 is 7.24. The predicted molar refractivity (Wildman–Crippen MR) is 84.9 cm³/mol. The van der Waals surface area contributed by atoms with Gasteiger partial charge in [-0.05, 0) is 25.8 Å². The van der Waals surface area contributed by atoms with Gasteiger partial charge in [0.2, 0.25) is 0 Å². The maximum atomic E-state index is 11.7. The summed E-state index contributed by atoms with van der Waals surface area (Å²) in [6.07, 6.45) is 3.17. The number of rotatable bonds is 9. The van der Waals surface area contributed by atoms with E-state index in [0.717, 1.165) is 56.5 Å². The van der Waals surface area contributed by atoms with E-state index in [2.05, 4.69) is 29.4 Å². The normalized spacial score (nSPS) is 20.0. The van der Waals surface area contributed by atoms with Crippen LogP contribution in [0.15, 0.2) is 9.95 Å². The first kappa shape index (κ1) is 16.6. The Labute approximate surface area is 130 Å². The highest BCUT2D eigenvalue weighted by Crippen LogP contribution is 2.23. The summed E-state index contributed by atoms with van der Waals surface area (Å²) in [6, 6.07) is 0.416. The molecule has 0 aliphatic carbocycles. The molecule has 1 aromatic heterocycles. The summed E-state index contributed by atoms with van der Waals surface area (Å²) >= 11 is 1.66. The van der Waals surface area contributed by atoms with Gasteiger partial charge >= 0.3 is 5.69 Å². The minimum atomic E-state index is -0.110. The quantitative estimate of drug-likeness (QED) is 0.676. The summed E-state index contributed by atoms with van der Waals surface area (Å²) in [7, 11) is 0. The molecular weight excluding hydrogens is 288 g/mol. The van der Waals surface area contributed by atoms with E-state index < -0.39 is 0 Å². The van der Waals surface area contributed by atoms with E-state index in [0.29, 0.717) is 12.0 Å². The molecule has 0 bridgehead atoms. The maximum absolute atomic E-state index is 11.7. The van der Waals surface area contributed by atoms with Gasteiger partial charge in [-0.25, -0.2) is 9.89 Å². The number of H-pyrrole nitrogens is 1. The van der Waals surface area contributed by atoms with Crippen LogP contribution in [0.2, 0.25) is 0 Å². The monoisotopic (exact) mass is 314 g/mol. The predicted octanol–water partition coefficient (Wildman–Crippen LogP) is 1.48. The van der Waals surface area contributed by atoms with E-state index in [-0.39, 0.29) is 5.69 Å². The fourth-order valence-corrected chi connectivity index (χ4v) is 3.72. The first-order chi connectivity index (χ1) is 10.3. The molecule has 21 heavy (non-hydrogen) atoms. The number of nitrogens with zero attached hydrogens (tertiary/aromatic N) is 2. The average Bonchev–Trinajstić information content (AvgIpc) is 3.12. The van der Waals surface area contributed by atoms with E-state index in [1.807, 2.05) is 0 Å². The molecule has 2 N–H and O–H groups in total. The number of ether oxygens (including phenoxy) is 1. The molecule has 1 saturated heterocycles. The molecule has 1 aromatic rings. The second kappa shape index (κ2) is 8.60. The molecule has 1 fully saturated rings. The van der Waals surface area contributed by atoms with Gasteiger partial charge in [0.05, 0.1) is 6.61 Å². The van der Waals surface area contributed by atoms with E-state index in [1.165, 1.54) is 0 Å². The molecule has 1 aliphatic rings. The van der Waals surface area contributed by atoms with Crippen molar-refractivity contribution in [1.29, 1.82) is 0 Å². The molecule has 0 amide bonds. The first-order valence-electron chi connectivity index (χ1n) is 7.85. The fourth-order valence-electron chi connectivity index (χ4n) is 2.56. The molecule has 0 saturated carbocycles. The highest BCUT2D eigenvalue weighted by Gasteiger charge is 2.26. The van der Waals surface area contributed by atoms with E-state index >= 15 is 0 Å². The Morgan fingerprint density at radius 1 is 1.52 bits per heavy atom. The zero-order valence-electron chi connectivity index (χ0n) is 12.9. The molecule has 7 heteroatoms. The third-order valence-electron chi connectivity index (χ3n) is 3.75. The van der Waals surface area contributed by atoms with Crippen molar-refractivity contribution in [2.75, 3.05) is 25.5 Å². The van der Waals surface area contributed by atoms with Crippen LogP contribution in [0.4, 0.5) is 0 Å². The Morgan fingerprint density at radius 2 is 2.38 bits per heavy atom. The van der Waals surface area contributed by atoms with E-state index in [9.17, 15) is 4.79 Å². The molecule has 2 unspecified atom stereocenters. The summed E-state index contributed by atoms with van der Waals surface area (Å²) in [5.74, 6) is 1.48. The van der Waals surface area contributed by atoms with Crippen LogP contribution in [0.5, 0.6) is 0 Å². The van der Waals surface area contributed by atoms with Crippen molar-refractivity contribution in [3.63, 3.8) is 0 Å². The van der Waals surface area contributed by atoms with E-state index in [1.54, 1.807) is 16.3 Å². The lowest BCUT2D eigenvalue weighted by Gasteiger charge is -2.23. The number of nitrogens with one attached hydrogen (secondary N) is 2. The van der Waals surface area contributed by atoms with Crippen molar-refractivity contribution in [2.45, 2.75) is 50.9 Å². The summed E-state index contributed by atoms with van der Waals surface area (Å²) in [5, 5.41) is 11.1. The number of thioether (sulfide) groups is 1. The number of hydrogen-bond acceptors (Lipinski definition) is 5. The number of aromatic amines is 1. The van der Waals surface area contributed by atoms with Gasteiger partial charge in [-0.1, -0.05) is 25.6 Å². The van der Waals surface area contributed by atoms with Gasteiger partial charge in [0.1, 0.15) is 0 Å². The Hall–Kier alpha value is -0.790. The Kier molecular flexibility index (Phi) is 6.79. The van der Waals surface area contributed by atoms with Crippen LogP contribution >= 0.6 is 11.8 Å². The lowest BCUT2D eigenvalue weighted by molar-refractivity contribution is 0.179. The van der Waals surface area contributed by atoms with Crippen LogP contribution in [-0.2, 0) is 11.3 Å². The highest BCUT2D eigenvalue weighted by molar-refractivity contribution is 7.99. The molecule has 1 aliphatic heterocycles. The van der Waals surface area contributed by atoms with E-state index in [4.69, 9.17) is 4.74 Å². The molecule has 6 nitrogen and oxygen atoms in total. The third-order valence-corrected chi connectivity index (χ3v) is 4.85. The molecule has 2 heterocycles. The van der Waals surface area contributed by atoms with Crippen LogP contribution < -0.4 is 11.0 Å². The third kappa shape index (κ3) is 4.59. The van der Waals surface area contributed by atoms with Crippen molar-refractivity contribution in [1.82, 2.24) is 20.1 Å². The summed E-state index contributed by atoms with van der Waals surface area (Å²) in [5.41, 5.74) is -0.110. The summed E-state index contributed by atoms with van der Waals surface area (Å²) in [4.78, 5) is 11.7. The van der Waals surface area contributed by atoms with Crippen molar-refractivity contribution < 1.29 is 4.74 Å². The smallest absolute Gasteiger partial charge is 0.343 e. The SMILES string of the molecule is CCCNC(CSc1n[nH]c(=O)n1CCC)C1CCOC1. The van der Waals surface area contributed by atoms with Crippen molar-refractivity contribution >= 4 is 11.8 Å². The Morgan fingerprint density at radius 3 is 3.05 bits per heavy atom. The van der Waals surface area contributed by atoms with Crippen LogP contribution in [0.25, 0.3) is 0 Å². The van der Waals surface area contributed by atoms with Crippen molar-refractivity contribution in [3.8, 4) is 0 Å². The topological polar surface area (TPSA) is 71.9 Å². The van der Waals surface area contributed by atoms with Crippen LogP contribution in [0, 0.1) is 5.92 Å². The minimum Gasteiger partial charge on any atom is -0.381 e. The van der Waals surface area contributed by atoms with Crippen LogP contribution in [-0.4, -0.2) is 46.3 Å². The Bertz CT molecular complexity index is 468. The average molecular weight is 314 g/mol. The van der Waals surface area contributed by atoms with Gasteiger partial charge in [0, 0.05) is 30.9 Å². The van der Waals surface area contributed by atoms with Crippen LogP contribution in [0.3, 0.4) is 0 Å². The van der Waals surface area contributed by atoms with Gasteiger partial charge in [-0.15, -0.1) is 5.10 Å². The van der Waals surface area contributed by atoms with Gasteiger partial charge in [-0.2, -0.15) is 0 Å². The van der Waals surface area contributed by atoms with Crippen molar-refractivity contribution in [3.05, 3.63) is 10.5 Å². The second-order valence-electron chi connectivity index (χ2n) is 5.46. The highest BCUT2D eigenvalue weighted by atomic mass is 32.2. The fraction of sp³-hybridized carbons (Fsp3) is 0.857.